The zero-order valence-corrected chi connectivity index (χ0v) is 9.42. The van der Waals surface area contributed by atoms with Crippen LogP contribution in [-0.4, -0.2) is 29.9 Å². The minimum atomic E-state index is 0.192. The number of hydrogen-bond acceptors (Lipinski definition) is 2. The maximum atomic E-state index is 7.52. The van der Waals surface area contributed by atoms with Crippen LogP contribution >= 0.6 is 0 Å². The molecule has 0 amide bonds. The summed E-state index contributed by atoms with van der Waals surface area (Å²) in [6, 6.07) is 0.192. The summed E-state index contributed by atoms with van der Waals surface area (Å²) in [6.45, 7) is 6.62. The topological polar surface area (TPSA) is 53.1 Å². The number of nitrogens with two attached hydrogens (primary N) is 1. The Labute approximate surface area is 87.2 Å². The van der Waals surface area contributed by atoms with Crippen LogP contribution in [-0.2, 0) is 0 Å². The molecule has 3 nitrogen and oxygen atoms in total. The van der Waals surface area contributed by atoms with E-state index in [9.17, 15) is 0 Å². The second-order valence-electron chi connectivity index (χ2n) is 4.32. The van der Waals surface area contributed by atoms with E-state index < -0.39 is 0 Å². The van der Waals surface area contributed by atoms with E-state index >= 15 is 0 Å². The lowest BCUT2D eigenvalue weighted by atomic mass is 10.0. The SMILES string of the molecule is CCCC1CCN(C(CC)C(=N)N)C1. The molecule has 0 aromatic rings. The highest BCUT2D eigenvalue weighted by molar-refractivity contribution is 5.82. The normalized spacial score (nSPS) is 25.1. The van der Waals surface area contributed by atoms with Gasteiger partial charge in [0.15, 0.2) is 0 Å². The van der Waals surface area contributed by atoms with Crippen LogP contribution in [0, 0.1) is 11.3 Å². The quantitative estimate of drug-likeness (QED) is 0.522. The average Bonchev–Trinajstić information content (AvgIpc) is 2.54. The van der Waals surface area contributed by atoms with Crippen molar-refractivity contribution < 1.29 is 0 Å². The lowest BCUT2D eigenvalue weighted by molar-refractivity contribution is 0.277. The van der Waals surface area contributed by atoms with Gasteiger partial charge < -0.3 is 5.73 Å². The van der Waals surface area contributed by atoms with Gasteiger partial charge in [0.1, 0.15) is 5.84 Å². The Balaban J connectivity index is 2.43. The molecule has 1 aliphatic heterocycles. The molecule has 1 aliphatic rings. The number of rotatable bonds is 5. The minimum Gasteiger partial charge on any atom is -0.386 e. The summed E-state index contributed by atoms with van der Waals surface area (Å²) in [5.74, 6) is 1.18. The first-order chi connectivity index (χ1) is 6.69. The molecule has 14 heavy (non-hydrogen) atoms. The van der Waals surface area contributed by atoms with Crippen molar-refractivity contribution in [1.82, 2.24) is 4.90 Å². The third-order valence-electron chi connectivity index (χ3n) is 3.20. The lowest BCUT2D eigenvalue weighted by Crippen LogP contribution is -2.42. The Morgan fingerprint density at radius 3 is 2.79 bits per heavy atom. The Morgan fingerprint density at radius 1 is 1.57 bits per heavy atom. The van der Waals surface area contributed by atoms with Crippen molar-refractivity contribution in [1.29, 1.82) is 5.41 Å². The van der Waals surface area contributed by atoms with Crippen molar-refractivity contribution in [2.24, 2.45) is 11.7 Å². The fourth-order valence-electron chi connectivity index (χ4n) is 2.46. The minimum absolute atomic E-state index is 0.192. The van der Waals surface area contributed by atoms with Crippen molar-refractivity contribution in [2.45, 2.75) is 45.6 Å². The van der Waals surface area contributed by atoms with Crippen LogP contribution in [0.25, 0.3) is 0 Å². The molecule has 82 valence electrons. The zero-order valence-electron chi connectivity index (χ0n) is 9.42. The largest absolute Gasteiger partial charge is 0.386 e. The van der Waals surface area contributed by atoms with Gasteiger partial charge in [0.25, 0.3) is 0 Å². The van der Waals surface area contributed by atoms with Gasteiger partial charge >= 0.3 is 0 Å². The maximum Gasteiger partial charge on any atom is 0.108 e. The number of amidine groups is 1. The second kappa shape index (κ2) is 5.35. The standard InChI is InChI=1S/C11H23N3/c1-3-5-9-6-7-14(8-9)10(4-2)11(12)13/h9-10H,3-8H2,1-2H3,(H3,12,13). The van der Waals surface area contributed by atoms with Crippen LogP contribution in [0.4, 0.5) is 0 Å². The molecule has 1 heterocycles. The third kappa shape index (κ3) is 2.71. The number of nitrogens with zero attached hydrogens (tertiary/aromatic N) is 1. The summed E-state index contributed by atoms with van der Waals surface area (Å²) in [7, 11) is 0. The molecule has 0 saturated carbocycles. The average molecular weight is 197 g/mol. The Morgan fingerprint density at radius 2 is 2.29 bits per heavy atom. The van der Waals surface area contributed by atoms with E-state index in [0.29, 0.717) is 5.84 Å². The van der Waals surface area contributed by atoms with Crippen molar-refractivity contribution in [3.8, 4) is 0 Å². The predicted octanol–water partition coefficient (Wildman–Crippen LogP) is 1.82. The van der Waals surface area contributed by atoms with Crippen molar-refractivity contribution in [2.75, 3.05) is 13.1 Å². The third-order valence-corrected chi connectivity index (χ3v) is 3.20. The molecule has 2 unspecified atom stereocenters. The monoisotopic (exact) mass is 197 g/mol. The summed E-state index contributed by atoms with van der Waals surface area (Å²) >= 11 is 0. The molecule has 0 aromatic heterocycles. The van der Waals surface area contributed by atoms with E-state index in [2.05, 4.69) is 18.7 Å². The fraction of sp³-hybridized carbons (Fsp3) is 0.909. The highest BCUT2D eigenvalue weighted by Crippen LogP contribution is 2.23. The number of hydrogen-bond donors (Lipinski definition) is 2. The highest BCUT2D eigenvalue weighted by atomic mass is 15.2. The van der Waals surface area contributed by atoms with Gasteiger partial charge in [-0.25, -0.2) is 0 Å². The van der Waals surface area contributed by atoms with Gasteiger partial charge in [0.2, 0.25) is 0 Å². The number of nitrogens with one attached hydrogen (secondary N) is 1. The molecule has 1 fully saturated rings. The molecule has 1 saturated heterocycles. The number of likely N-dealkylation sites (tertiary alicyclic amines) is 1. The fourth-order valence-corrected chi connectivity index (χ4v) is 2.46. The molecule has 0 radical (unpaired) electrons. The Kier molecular flexibility index (Phi) is 4.39. The molecular weight excluding hydrogens is 174 g/mol. The van der Waals surface area contributed by atoms with Gasteiger partial charge in [0, 0.05) is 6.54 Å². The predicted molar refractivity (Wildman–Crippen MR) is 60.6 cm³/mol. The molecule has 3 N–H and O–H groups in total. The maximum absolute atomic E-state index is 7.52. The van der Waals surface area contributed by atoms with E-state index in [-0.39, 0.29) is 6.04 Å². The van der Waals surface area contributed by atoms with Crippen LogP contribution in [0.15, 0.2) is 0 Å². The molecule has 0 aromatic carbocycles. The Bertz CT molecular complexity index is 191. The molecule has 0 aliphatic carbocycles. The molecule has 2 atom stereocenters. The summed E-state index contributed by atoms with van der Waals surface area (Å²) < 4.78 is 0. The van der Waals surface area contributed by atoms with Gasteiger partial charge in [-0.2, -0.15) is 0 Å². The highest BCUT2D eigenvalue weighted by Gasteiger charge is 2.27. The van der Waals surface area contributed by atoms with Crippen molar-refractivity contribution in [3.05, 3.63) is 0 Å². The van der Waals surface area contributed by atoms with Crippen molar-refractivity contribution >= 4 is 5.84 Å². The smallest absolute Gasteiger partial charge is 0.108 e. The van der Waals surface area contributed by atoms with Gasteiger partial charge in [-0.1, -0.05) is 20.3 Å². The van der Waals surface area contributed by atoms with E-state index in [0.717, 1.165) is 25.4 Å². The van der Waals surface area contributed by atoms with Crippen LogP contribution in [0.3, 0.4) is 0 Å². The van der Waals surface area contributed by atoms with E-state index in [4.69, 9.17) is 11.1 Å². The summed E-state index contributed by atoms with van der Waals surface area (Å²) in [6.07, 6.45) is 4.85. The van der Waals surface area contributed by atoms with Crippen LogP contribution in [0.2, 0.25) is 0 Å². The van der Waals surface area contributed by atoms with Crippen molar-refractivity contribution in [3.63, 3.8) is 0 Å². The van der Waals surface area contributed by atoms with Gasteiger partial charge in [-0.15, -0.1) is 0 Å². The summed E-state index contributed by atoms with van der Waals surface area (Å²) in [5.41, 5.74) is 5.59. The first kappa shape index (κ1) is 11.5. The lowest BCUT2D eigenvalue weighted by Gasteiger charge is -2.25. The molecule has 0 bridgehead atoms. The molecule has 0 spiro atoms. The second-order valence-corrected chi connectivity index (χ2v) is 4.32. The summed E-state index contributed by atoms with van der Waals surface area (Å²) in [5, 5.41) is 7.52. The molecule has 3 heteroatoms. The van der Waals surface area contributed by atoms with Crippen LogP contribution < -0.4 is 5.73 Å². The molecular formula is C11H23N3. The first-order valence-corrected chi connectivity index (χ1v) is 5.77. The van der Waals surface area contributed by atoms with E-state index in [1.807, 2.05) is 0 Å². The van der Waals surface area contributed by atoms with Crippen LogP contribution in [0.5, 0.6) is 0 Å². The van der Waals surface area contributed by atoms with Gasteiger partial charge in [-0.3, -0.25) is 10.3 Å². The van der Waals surface area contributed by atoms with Crippen LogP contribution in [0.1, 0.15) is 39.5 Å². The van der Waals surface area contributed by atoms with E-state index in [1.165, 1.54) is 19.3 Å². The summed E-state index contributed by atoms with van der Waals surface area (Å²) in [4.78, 5) is 2.38. The Hall–Kier alpha value is -0.570. The zero-order chi connectivity index (χ0) is 10.6. The molecule has 1 rings (SSSR count). The first-order valence-electron chi connectivity index (χ1n) is 5.77. The van der Waals surface area contributed by atoms with Gasteiger partial charge in [0.05, 0.1) is 6.04 Å². The van der Waals surface area contributed by atoms with Gasteiger partial charge in [-0.05, 0) is 31.7 Å². The van der Waals surface area contributed by atoms with E-state index in [1.54, 1.807) is 0 Å².